The van der Waals surface area contributed by atoms with Gasteiger partial charge in [0.15, 0.2) is 0 Å². The molecule has 1 heterocycles. The monoisotopic (exact) mass is 346 g/mol. The largest absolute Gasteiger partial charge is 0.373 e. The average Bonchev–Trinajstić information content (AvgIpc) is 3.31. The van der Waals surface area contributed by atoms with Crippen molar-refractivity contribution in [3.05, 3.63) is 45.7 Å². The van der Waals surface area contributed by atoms with Crippen molar-refractivity contribution in [1.82, 2.24) is 9.97 Å². The third-order valence-corrected chi connectivity index (χ3v) is 4.18. The minimum atomic E-state index is 0.545. The molecule has 4 nitrogen and oxygen atoms in total. The molecule has 0 atom stereocenters. The summed E-state index contributed by atoms with van der Waals surface area (Å²) in [5.74, 6) is 3.35. The molecule has 1 aliphatic carbocycles. The molecule has 1 aliphatic rings. The standard InChI is InChI=1S/C16H19BrN4/c1-10-14(18-2)20-16(12-6-7-12)21-15(10)19-9-11-4-3-5-13(17)8-11/h3-5,8,12H,6-7,9H2,1-2H3,(H2,18,19,20,21). The minimum Gasteiger partial charge on any atom is -0.373 e. The fourth-order valence-corrected chi connectivity index (χ4v) is 2.75. The van der Waals surface area contributed by atoms with Gasteiger partial charge in [-0.05, 0) is 37.5 Å². The molecule has 0 saturated heterocycles. The van der Waals surface area contributed by atoms with Crippen molar-refractivity contribution >= 4 is 27.6 Å². The molecule has 1 saturated carbocycles. The van der Waals surface area contributed by atoms with Crippen LogP contribution >= 0.6 is 15.9 Å². The topological polar surface area (TPSA) is 49.8 Å². The normalized spacial score (nSPS) is 14.0. The smallest absolute Gasteiger partial charge is 0.136 e. The predicted octanol–water partition coefficient (Wildman–Crippen LogP) is 4.08. The third-order valence-electron chi connectivity index (χ3n) is 3.69. The van der Waals surface area contributed by atoms with Crippen LogP contribution in [-0.4, -0.2) is 17.0 Å². The zero-order valence-electron chi connectivity index (χ0n) is 12.3. The van der Waals surface area contributed by atoms with Crippen LogP contribution in [0.4, 0.5) is 11.6 Å². The first-order chi connectivity index (χ1) is 10.2. The van der Waals surface area contributed by atoms with Crippen molar-refractivity contribution in [1.29, 1.82) is 0 Å². The van der Waals surface area contributed by atoms with Gasteiger partial charge in [0.2, 0.25) is 0 Å². The Morgan fingerprint density at radius 3 is 2.67 bits per heavy atom. The summed E-state index contributed by atoms with van der Waals surface area (Å²) in [6, 6.07) is 8.30. The van der Waals surface area contributed by atoms with Gasteiger partial charge in [0.25, 0.3) is 0 Å². The maximum atomic E-state index is 4.71. The van der Waals surface area contributed by atoms with Gasteiger partial charge in [0.1, 0.15) is 17.5 Å². The van der Waals surface area contributed by atoms with Gasteiger partial charge in [-0.2, -0.15) is 0 Å². The van der Waals surface area contributed by atoms with Crippen molar-refractivity contribution in [2.45, 2.75) is 32.2 Å². The van der Waals surface area contributed by atoms with E-state index in [0.717, 1.165) is 34.0 Å². The lowest BCUT2D eigenvalue weighted by Gasteiger charge is -2.14. The van der Waals surface area contributed by atoms with Crippen LogP contribution in [0.1, 0.15) is 35.7 Å². The van der Waals surface area contributed by atoms with E-state index in [1.165, 1.54) is 18.4 Å². The Balaban J connectivity index is 1.82. The summed E-state index contributed by atoms with van der Waals surface area (Å²) in [6.07, 6.45) is 2.41. The summed E-state index contributed by atoms with van der Waals surface area (Å²) in [5.41, 5.74) is 2.29. The SMILES string of the molecule is CNc1nc(C2CC2)nc(NCc2cccc(Br)c2)c1C. The predicted molar refractivity (Wildman–Crippen MR) is 89.8 cm³/mol. The summed E-state index contributed by atoms with van der Waals surface area (Å²) in [5, 5.41) is 6.61. The highest BCUT2D eigenvalue weighted by molar-refractivity contribution is 9.10. The highest BCUT2D eigenvalue weighted by Crippen LogP contribution is 2.39. The van der Waals surface area contributed by atoms with Crippen LogP contribution in [0, 0.1) is 6.92 Å². The average molecular weight is 347 g/mol. The Bertz CT molecular complexity index is 653. The third kappa shape index (κ3) is 3.35. The number of nitrogens with zero attached hydrogens (tertiary/aromatic N) is 2. The number of benzene rings is 1. The number of rotatable bonds is 5. The van der Waals surface area contributed by atoms with E-state index in [1.807, 2.05) is 26.1 Å². The van der Waals surface area contributed by atoms with Gasteiger partial charge < -0.3 is 10.6 Å². The van der Waals surface area contributed by atoms with E-state index in [9.17, 15) is 0 Å². The van der Waals surface area contributed by atoms with Crippen LogP contribution in [0.15, 0.2) is 28.7 Å². The molecule has 2 N–H and O–H groups in total. The first-order valence-electron chi connectivity index (χ1n) is 7.22. The lowest BCUT2D eigenvalue weighted by atomic mass is 10.2. The Morgan fingerprint density at radius 2 is 2.00 bits per heavy atom. The minimum absolute atomic E-state index is 0.545. The molecule has 1 aromatic carbocycles. The Hall–Kier alpha value is -1.62. The van der Waals surface area contributed by atoms with Gasteiger partial charge in [-0.1, -0.05) is 28.1 Å². The first-order valence-corrected chi connectivity index (χ1v) is 8.01. The van der Waals surface area contributed by atoms with Crippen molar-refractivity contribution in [2.24, 2.45) is 0 Å². The van der Waals surface area contributed by atoms with Gasteiger partial charge in [0.05, 0.1) is 0 Å². The van der Waals surface area contributed by atoms with Gasteiger partial charge in [-0.3, -0.25) is 0 Å². The van der Waals surface area contributed by atoms with Crippen LogP contribution in [-0.2, 0) is 6.54 Å². The fourth-order valence-electron chi connectivity index (χ4n) is 2.31. The molecule has 5 heteroatoms. The van der Waals surface area contributed by atoms with Crippen molar-refractivity contribution in [3.8, 4) is 0 Å². The number of anilines is 2. The number of hydrogen-bond acceptors (Lipinski definition) is 4. The van der Waals surface area contributed by atoms with E-state index in [-0.39, 0.29) is 0 Å². The van der Waals surface area contributed by atoms with Crippen molar-refractivity contribution < 1.29 is 0 Å². The maximum Gasteiger partial charge on any atom is 0.136 e. The molecule has 2 aromatic rings. The highest BCUT2D eigenvalue weighted by Gasteiger charge is 2.28. The Morgan fingerprint density at radius 1 is 1.24 bits per heavy atom. The lowest BCUT2D eigenvalue weighted by molar-refractivity contribution is 0.913. The van der Waals surface area contributed by atoms with Crippen molar-refractivity contribution in [3.63, 3.8) is 0 Å². The molecule has 1 fully saturated rings. The first kappa shape index (κ1) is 14.3. The van der Waals surface area contributed by atoms with Crippen LogP contribution in [0.2, 0.25) is 0 Å². The van der Waals surface area contributed by atoms with Crippen LogP contribution in [0.5, 0.6) is 0 Å². The van der Waals surface area contributed by atoms with Gasteiger partial charge in [-0.15, -0.1) is 0 Å². The molecule has 0 spiro atoms. The molecule has 0 radical (unpaired) electrons. The maximum absolute atomic E-state index is 4.71. The van der Waals surface area contributed by atoms with E-state index in [2.05, 4.69) is 43.7 Å². The molecule has 1 aromatic heterocycles. The Kier molecular flexibility index (Phi) is 4.10. The molecule has 21 heavy (non-hydrogen) atoms. The van der Waals surface area contributed by atoms with E-state index in [4.69, 9.17) is 4.98 Å². The highest BCUT2D eigenvalue weighted by atomic mass is 79.9. The number of aromatic nitrogens is 2. The van der Waals surface area contributed by atoms with Crippen molar-refractivity contribution in [2.75, 3.05) is 17.7 Å². The molecule has 0 unspecified atom stereocenters. The summed E-state index contributed by atoms with van der Waals surface area (Å²) in [7, 11) is 1.91. The van der Waals surface area contributed by atoms with Gasteiger partial charge >= 0.3 is 0 Å². The number of halogens is 1. The quantitative estimate of drug-likeness (QED) is 0.856. The second-order valence-electron chi connectivity index (χ2n) is 5.41. The lowest BCUT2D eigenvalue weighted by Crippen LogP contribution is -2.09. The zero-order valence-corrected chi connectivity index (χ0v) is 13.9. The molecule has 0 aliphatic heterocycles. The summed E-state index contributed by atoms with van der Waals surface area (Å²) < 4.78 is 1.09. The van der Waals surface area contributed by atoms with Crippen LogP contribution < -0.4 is 10.6 Å². The molecule has 0 amide bonds. The second-order valence-corrected chi connectivity index (χ2v) is 6.33. The molecular weight excluding hydrogens is 328 g/mol. The molecule has 0 bridgehead atoms. The zero-order chi connectivity index (χ0) is 14.8. The molecule has 3 rings (SSSR count). The number of nitrogens with one attached hydrogen (secondary N) is 2. The van der Waals surface area contributed by atoms with E-state index in [0.29, 0.717) is 5.92 Å². The van der Waals surface area contributed by atoms with Crippen LogP contribution in [0.3, 0.4) is 0 Å². The fraction of sp³-hybridized carbons (Fsp3) is 0.375. The summed E-state index contributed by atoms with van der Waals surface area (Å²) in [6.45, 7) is 2.80. The van der Waals surface area contributed by atoms with E-state index < -0.39 is 0 Å². The Labute approximate surface area is 133 Å². The van der Waals surface area contributed by atoms with E-state index in [1.54, 1.807) is 0 Å². The molecular formula is C16H19BrN4. The summed E-state index contributed by atoms with van der Waals surface area (Å²) in [4.78, 5) is 9.32. The van der Waals surface area contributed by atoms with Gasteiger partial charge in [-0.25, -0.2) is 9.97 Å². The number of hydrogen-bond donors (Lipinski definition) is 2. The van der Waals surface area contributed by atoms with E-state index >= 15 is 0 Å². The van der Waals surface area contributed by atoms with Crippen LogP contribution in [0.25, 0.3) is 0 Å². The molecule has 110 valence electrons. The summed E-state index contributed by atoms with van der Waals surface area (Å²) >= 11 is 3.50. The second kappa shape index (κ2) is 6.02. The van der Waals surface area contributed by atoms with Gasteiger partial charge in [0, 0.05) is 29.5 Å².